The number of methoxy groups -OCH3 is 1. The Morgan fingerprint density at radius 1 is 1.33 bits per heavy atom. The molecular formula is C22H26N8O3. The molecule has 172 valence electrons. The highest BCUT2D eigenvalue weighted by Crippen LogP contribution is 2.24. The van der Waals surface area contributed by atoms with Gasteiger partial charge in [0.2, 0.25) is 0 Å². The summed E-state index contributed by atoms with van der Waals surface area (Å²) in [6, 6.07) is 2.44. The normalized spacial score (nSPS) is 20.2. The second-order valence-corrected chi connectivity index (χ2v) is 8.01. The van der Waals surface area contributed by atoms with Crippen molar-refractivity contribution in [3.8, 4) is 0 Å². The number of carbonyl (C=O) groups excluding carboxylic acids is 1. The van der Waals surface area contributed by atoms with Crippen molar-refractivity contribution in [2.75, 3.05) is 36.2 Å². The quantitative estimate of drug-likeness (QED) is 0.498. The van der Waals surface area contributed by atoms with Gasteiger partial charge in [-0.25, -0.2) is 9.97 Å². The van der Waals surface area contributed by atoms with Crippen LogP contribution in [0.4, 0.5) is 17.7 Å². The Hall–Kier alpha value is -3.86. The van der Waals surface area contributed by atoms with Crippen LogP contribution in [0.1, 0.15) is 29.6 Å². The van der Waals surface area contributed by atoms with Gasteiger partial charge in [-0.2, -0.15) is 9.61 Å². The molecule has 33 heavy (non-hydrogen) atoms. The molecule has 2 atom stereocenters. The van der Waals surface area contributed by atoms with E-state index in [1.807, 2.05) is 29.3 Å². The molecule has 3 N–H and O–H groups in total. The van der Waals surface area contributed by atoms with Crippen LogP contribution in [0.3, 0.4) is 0 Å². The number of nitrogens with one attached hydrogen (secondary N) is 3. The Labute approximate surface area is 190 Å². The molecule has 0 aromatic carbocycles. The van der Waals surface area contributed by atoms with Crippen molar-refractivity contribution in [2.24, 2.45) is 0 Å². The van der Waals surface area contributed by atoms with Crippen LogP contribution in [-0.2, 0) is 4.74 Å². The number of hydrogen-bond donors (Lipinski definition) is 3. The molecule has 3 aromatic rings. The van der Waals surface area contributed by atoms with Crippen molar-refractivity contribution in [2.45, 2.75) is 31.4 Å². The summed E-state index contributed by atoms with van der Waals surface area (Å²) in [5, 5.41) is 13.9. The molecular weight excluding hydrogens is 424 g/mol. The van der Waals surface area contributed by atoms with Crippen LogP contribution in [0, 0.1) is 0 Å². The van der Waals surface area contributed by atoms with Gasteiger partial charge in [0.1, 0.15) is 23.5 Å². The van der Waals surface area contributed by atoms with E-state index in [9.17, 15) is 4.79 Å². The van der Waals surface area contributed by atoms with E-state index in [1.54, 1.807) is 31.1 Å². The predicted molar refractivity (Wildman–Crippen MR) is 123 cm³/mol. The molecule has 2 aliphatic rings. The lowest BCUT2D eigenvalue weighted by atomic mass is 10.2. The minimum absolute atomic E-state index is 0.0860. The van der Waals surface area contributed by atoms with E-state index in [-0.39, 0.29) is 18.1 Å². The van der Waals surface area contributed by atoms with E-state index in [4.69, 9.17) is 14.1 Å². The van der Waals surface area contributed by atoms with Gasteiger partial charge in [0.05, 0.1) is 25.0 Å². The standard InChI is InChI=1S/C22H26N8O3/c1-23-19-11-18(26-15-4-3-8-29(13-15)22-24-7-9-33-22)28-20-17(12-25-30(19)20)21(31)27-14-5-6-16(10-14)32-2/h3-4,7-9,11-12,14,16,23H,5-6,10,13H2,1-2H3,(H,26,28)(H,27,31)/t14-,16-/m1/s1. The maximum Gasteiger partial charge on any atom is 0.301 e. The van der Waals surface area contributed by atoms with Crippen molar-refractivity contribution in [3.05, 3.63) is 54.3 Å². The second-order valence-electron chi connectivity index (χ2n) is 8.01. The zero-order chi connectivity index (χ0) is 22.8. The highest BCUT2D eigenvalue weighted by Gasteiger charge is 2.27. The monoisotopic (exact) mass is 450 g/mol. The van der Waals surface area contributed by atoms with Crippen LogP contribution in [0.25, 0.3) is 5.65 Å². The molecule has 4 heterocycles. The number of nitrogens with zero attached hydrogens (tertiary/aromatic N) is 5. The number of oxazole rings is 1. The molecule has 1 aliphatic carbocycles. The van der Waals surface area contributed by atoms with Crippen LogP contribution in [0.15, 0.2) is 53.2 Å². The van der Waals surface area contributed by atoms with Crippen LogP contribution < -0.4 is 20.9 Å². The third-order valence-corrected chi connectivity index (χ3v) is 5.88. The van der Waals surface area contributed by atoms with Crippen molar-refractivity contribution in [1.82, 2.24) is 24.9 Å². The highest BCUT2D eigenvalue weighted by atomic mass is 16.5. The Kier molecular flexibility index (Phi) is 5.69. The number of fused-ring (bicyclic) bond motifs is 1. The van der Waals surface area contributed by atoms with Gasteiger partial charge >= 0.3 is 6.01 Å². The van der Waals surface area contributed by atoms with Gasteiger partial charge in [0.15, 0.2) is 5.65 Å². The van der Waals surface area contributed by atoms with Gasteiger partial charge in [-0.1, -0.05) is 0 Å². The Morgan fingerprint density at radius 3 is 3.00 bits per heavy atom. The van der Waals surface area contributed by atoms with E-state index >= 15 is 0 Å². The number of aromatic nitrogens is 4. The molecule has 1 amide bonds. The molecule has 0 saturated heterocycles. The lowest BCUT2D eigenvalue weighted by Gasteiger charge is -2.22. The number of rotatable bonds is 7. The van der Waals surface area contributed by atoms with E-state index in [0.717, 1.165) is 25.0 Å². The third-order valence-electron chi connectivity index (χ3n) is 5.88. The molecule has 1 saturated carbocycles. The van der Waals surface area contributed by atoms with Crippen LogP contribution >= 0.6 is 0 Å². The first-order valence-electron chi connectivity index (χ1n) is 10.9. The number of amides is 1. The van der Waals surface area contributed by atoms with Gasteiger partial charge in [-0.05, 0) is 31.4 Å². The fourth-order valence-electron chi connectivity index (χ4n) is 4.20. The largest absolute Gasteiger partial charge is 0.432 e. The van der Waals surface area contributed by atoms with Crippen molar-refractivity contribution >= 4 is 29.2 Å². The Bertz CT molecular complexity index is 1200. The van der Waals surface area contributed by atoms with Gasteiger partial charge in [0, 0.05) is 38.2 Å². The van der Waals surface area contributed by atoms with E-state index in [2.05, 4.69) is 26.0 Å². The first-order chi connectivity index (χ1) is 16.1. The fourth-order valence-corrected chi connectivity index (χ4v) is 4.20. The molecule has 0 spiro atoms. The molecule has 1 aliphatic heterocycles. The summed E-state index contributed by atoms with van der Waals surface area (Å²) in [7, 11) is 3.51. The van der Waals surface area contributed by atoms with Gasteiger partial charge in [-0.15, -0.1) is 0 Å². The second kappa shape index (κ2) is 8.94. The van der Waals surface area contributed by atoms with Crippen molar-refractivity contribution in [1.29, 1.82) is 0 Å². The topological polar surface area (TPSA) is 122 Å². The highest BCUT2D eigenvalue weighted by molar-refractivity contribution is 6.00. The number of anilines is 3. The summed E-state index contributed by atoms with van der Waals surface area (Å²) in [4.78, 5) is 23.8. The average molecular weight is 451 g/mol. The molecule has 11 heteroatoms. The number of carbonyl (C=O) groups is 1. The zero-order valence-corrected chi connectivity index (χ0v) is 18.5. The van der Waals surface area contributed by atoms with Crippen LogP contribution in [0.2, 0.25) is 0 Å². The molecule has 1 fully saturated rings. The summed E-state index contributed by atoms with van der Waals surface area (Å²) in [6.45, 7) is 0.535. The first kappa shape index (κ1) is 21.0. The SMILES string of the molecule is CNc1cc(NC2=CC=CN(c3ncco3)C2)nc2c(C(=O)N[C@@H]3CC[C@@H](OC)C3)cnn12. The molecule has 5 rings (SSSR count). The van der Waals surface area contributed by atoms with Gasteiger partial charge < -0.3 is 25.1 Å². The van der Waals surface area contributed by atoms with Crippen LogP contribution in [-0.4, -0.2) is 58.3 Å². The lowest BCUT2D eigenvalue weighted by Crippen LogP contribution is -2.33. The molecule has 0 bridgehead atoms. The molecule has 0 unspecified atom stereocenters. The van der Waals surface area contributed by atoms with E-state index < -0.39 is 0 Å². The smallest absolute Gasteiger partial charge is 0.301 e. The van der Waals surface area contributed by atoms with Crippen molar-refractivity contribution < 1.29 is 13.9 Å². The minimum atomic E-state index is -0.187. The van der Waals surface area contributed by atoms with Crippen LogP contribution in [0.5, 0.6) is 0 Å². The van der Waals surface area contributed by atoms with Crippen molar-refractivity contribution in [3.63, 3.8) is 0 Å². The molecule has 0 radical (unpaired) electrons. The Balaban J connectivity index is 1.37. The summed E-state index contributed by atoms with van der Waals surface area (Å²) < 4.78 is 12.4. The minimum Gasteiger partial charge on any atom is -0.432 e. The average Bonchev–Trinajstić information content (AvgIpc) is 3.59. The lowest BCUT2D eigenvalue weighted by molar-refractivity contribution is 0.0916. The maximum atomic E-state index is 13.0. The maximum absolute atomic E-state index is 13.0. The van der Waals surface area contributed by atoms with E-state index in [0.29, 0.717) is 35.4 Å². The fraction of sp³-hybridized carbons (Fsp3) is 0.364. The first-order valence-corrected chi connectivity index (χ1v) is 10.9. The summed E-state index contributed by atoms with van der Waals surface area (Å²) in [6.07, 6.45) is 13.3. The summed E-state index contributed by atoms with van der Waals surface area (Å²) in [5.74, 6) is 1.11. The third kappa shape index (κ3) is 4.27. The van der Waals surface area contributed by atoms with Gasteiger partial charge in [-0.3, -0.25) is 9.69 Å². The van der Waals surface area contributed by atoms with E-state index in [1.165, 1.54) is 6.26 Å². The predicted octanol–water partition coefficient (Wildman–Crippen LogP) is 2.39. The number of ether oxygens (including phenoxy) is 1. The van der Waals surface area contributed by atoms with Gasteiger partial charge in [0.25, 0.3) is 5.91 Å². The zero-order valence-electron chi connectivity index (χ0n) is 18.5. The number of allylic oxidation sites excluding steroid dienone is 2. The molecule has 3 aromatic heterocycles. The summed E-state index contributed by atoms with van der Waals surface area (Å²) in [5.41, 5.74) is 1.80. The molecule has 11 nitrogen and oxygen atoms in total. The Morgan fingerprint density at radius 2 is 2.24 bits per heavy atom. The number of hydrogen-bond acceptors (Lipinski definition) is 9. The summed E-state index contributed by atoms with van der Waals surface area (Å²) >= 11 is 0.